The van der Waals surface area contributed by atoms with E-state index in [1.54, 1.807) is 4.90 Å². The fourth-order valence-corrected chi connectivity index (χ4v) is 3.80. The Morgan fingerprint density at radius 3 is 2.96 bits per heavy atom. The molecular formula is C19H33N7O. The number of amides is 1. The fraction of sp³-hybridized carbons (Fsp3) is 0.789. The Kier molecular flexibility index (Phi) is 7.06. The van der Waals surface area contributed by atoms with E-state index in [4.69, 9.17) is 4.99 Å². The van der Waals surface area contributed by atoms with Gasteiger partial charge in [0, 0.05) is 58.5 Å². The van der Waals surface area contributed by atoms with Gasteiger partial charge in [-0.25, -0.2) is 0 Å². The number of rotatable bonds is 6. The number of likely N-dealkylation sites (tertiary alicyclic amines) is 1. The highest BCUT2D eigenvalue weighted by atomic mass is 16.2. The van der Waals surface area contributed by atoms with Crippen LogP contribution in [0.25, 0.3) is 0 Å². The van der Waals surface area contributed by atoms with Gasteiger partial charge in [-0.15, -0.1) is 10.2 Å². The second-order valence-electron chi connectivity index (χ2n) is 7.51. The molecule has 2 aliphatic rings. The van der Waals surface area contributed by atoms with Crippen LogP contribution in [-0.4, -0.2) is 64.3 Å². The molecule has 3 rings (SSSR count). The van der Waals surface area contributed by atoms with Crippen LogP contribution in [0.3, 0.4) is 0 Å². The molecule has 2 aliphatic heterocycles. The van der Waals surface area contributed by atoms with E-state index in [9.17, 15) is 4.79 Å². The molecule has 0 aromatic carbocycles. The SMILES string of the molecule is CCNC(=NCCCc1nnc2n1CCCCC2)NC1CCC(=O)N(C)C1. The van der Waals surface area contributed by atoms with Crippen LogP contribution in [0.4, 0.5) is 0 Å². The van der Waals surface area contributed by atoms with Crippen molar-refractivity contribution in [2.45, 2.75) is 70.9 Å². The summed E-state index contributed by atoms with van der Waals surface area (Å²) < 4.78 is 2.31. The van der Waals surface area contributed by atoms with Crippen molar-refractivity contribution in [2.75, 3.05) is 26.7 Å². The molecule has 1 saturated heterocycles. The zero-order chi connectivity index (χ0) is 19.1. The minimum absolute atomic E-state index is 0.224. The number of carbonyl (C=O) groups is 1. The number of hydrogen-bond donors (Lipinski definition) is 2. The molecule has 1 atom stereocenters. The molecule has 8 heteroatoms. The summed E-state index contributed by atoms with van der Waals surface area (Å²) in [6.45, 7) is 5.43. The summed E-state index contributed by atoms with van der Waals surface area (Å²) in [4.78, 5) is 18.1. The van der Waals surface area contributed by atoms with Gasteiger partial charge >= 0.3 is 0 Å². The molecule has 1 unspecified atom stereocenters. The van der Waals surface area contributed by atoms with Crippen LogP contribution in [0.15, 0.2) is 4.99 Å². The number of aryl methyl sites for hydroxylation is 2. The maximum Gasteiger partial charge on any atom is 0.222 e. The van der Waals surface area contributed by atoms with E-state index >= 15 is 0 Å². The Labute approximate surface area is 161 Å². The van der Waals surface area contributed by atoms with Gasteiger partial charge in [-0.3, -0.25) is 9.79 Å². The Hall–Kier alpha value is -2.12. The van der Waals surface area contributed by atoms with Crippen LogP contribution in [0.1, 0.15) is 57.1 Å². The van der Waals surface area contributed by atoms with E-state index < -0.39 is 0 Å². The standard InChI is InChI=1S/C19H33N7O/c1-3-20-19(22-15-10-11-18(27)25(2)14-15)21-12-7-9-17-24-23-16-8-5-4-6-13-26(16)17/h15H,3-14H2,1-2H3,(H2,20,21,22). The molecule has 0 spiro atoms. The van der Waals surface area contributed by atoms with Crippen molar-refractivity contribution in [3.8, 4) is 0 Å². The van der Waals surface area contributed by atoms with Gasteiger partial charge in [0.15, 0.2) is 5.96 Å². The van der Waals surface area contributed by atoms with Gasteiger partial charge in [-0.1, -0.05) is 6.42 Å². The number of carbonyl (C=O) groups excluding carboxylic acids is 1. The summed E-state index contributed by atoms with van der Waals surface area (Å²) >= 11 is 0. The molecule has 0 radical (unpaired) electrons. The average Bonchev–Trinajstić information content (AvgIpc) is 2.88. The maximum absolute atomic E-state index is 11.6. The molecule has 27 heavy (non-hydrogen) atoms. The first-order valence-electron chi connectivity index (χ1n) is 10.4. The molecule has 1 fully saturated rings. The largest absolute Gasteiger partial charge is 0.357 e. The number of aromatic nitrogens is 3. The Morgan fingerprint density at radius 1 is 1.26 bits per heavy atom. The second kappa shape index (κ2) is 9.71. The van der Waals surface area contributed by atoms with Crippen LogP contribution in [0.2, 0.25) is 0 Å². The van der Waals surface area contributed by atoms with Crippen molar-refractivity contribution in [1.29, 1.82) is 0 Å². The van der Waals surface area contributed by atoms with Crippen molar-refractivity contribution in [2.24, 2.45) is 4.99 Å². The van der Waals surface area contributed by atoms with Gasteiger partial charge in [0.05, 0.1) is 0 Å². The molecule has 2 N–H and O–H groups in total. The molecule has 150 valence electrons. The average molecular weight is 376 g/mol. The molecule has 0 saturated carbocycles. The van der Waals surface area contributed by atoms with Gasteiger partial charge in [-0.05, 0) is 32.6 Å². The summed E-state index contributed by atoms with van der Waals surface area (Å²) in [5.74, 6) is 3.32. The number of piperidine rings is 1. The van der Waals surface area contributed by atoms with Crippen LogP contribution in [-0.2, 0) is 24.2 Å². The lowest BCUT2D eigenvalue weighted by Gasteiger charge is -2.31. The van der Waals surface area contributed by atoms with E-state index in [1.165, 1.54) is 19.3 Å². The maximum atomic E-state index is 11.6. The lowest BCUT2D eigenvalue weighted by molar-refractivity contribution is -0.132. The second-order valence-corrected chi connectivity index (χ2v) is 7.51. The molecule has 0 aliphatic carbocycles. The number of nitrogens with one attached hydrogen (secondary N) is 2. The molecule has 1 aromatic heterocycles. The summed E-state index contributed by atoms with van der Waals surface area (Å²) in [7, 11) is 1.86. The first-order valence-corrected chi connectivity index (χ1v) is 10.4. The minimum atomic E-state index is 0.224. The van der Waals surface area contributed by atoms with E-state index in [1.807, 2.05) is 7.05 Å². The summed E-state index contributed by atoms with van der Waals surface area (Å²) in [5.41, 5.74) is 0. The third-order valence-electron chi connectivity index (χ3n) is 5.33. The van der Waals surface area contributed by atoms with Gasteiger partial charge in [-0.2, -0.15) is 0 Å². The Morgan fingerprint density at radius 2 is 2.15 bits per heavy atom. The highest BCUT2D eigenvalue weighted by molar-refractivity contribution is 5.81. The van der Waals surface area contributed by atoms with E-state index in [0.717, 1.165) is 69.5 Å². The summed E-state index contributed by atoms with van der Waals surface area (Å²) in [6.07, 6.45) is 8.12. The topological polar surface area (TPSA) is 87.4 Å². The molecule has 8 nitrogen and oxygen atoms in total. The number of aliphatic imine (C=N–C) groups is 1. The monoisotopic (exact) mass is 375 g/mol. The van der Waals surface area contributed by atoms with Crippen LogP contribution in [0, 0.1) is 0 Å². The van der Waals surface area contributed by atoms with Gasteiger partial charge in [0.25, 0.3) is 0 Å². The van der Waals surface area contributed by atoms with Crippen LogP contribution >= 0.6 is 0 Å². The number of fused-ring (bicyclic) bond motifs is 1. The molecule has 0 bridgehead atoms. The molecule has 1 amide bonds. The molecule has 3 heterocycles. The number of guanidine groups is 1. The highest BCUT2D eigenvalue weighted by Gasteiger charge is 2.23. The lowest BCUT2D eigenvalue weighted by Crippen LogP contribution is -2.51. The zero-order valence-electron chi connectivity index (χ0n) is 16.7. The smallest absolute Gasteiger partial charge is 0.222 e. The first-order chi connectivity index (χ1) is 13.2. The van der Waals surface area contributed by atoms with Crippen LogP contribution in [0.5, 0.6) is 0 Å². The van der Waals surface area contributed by atoms with Gasteiger partial charge in [0.2, 0.25) is 5.91 Å². The van der Waals surface area contributed by atoms with Crippen molar-refractivity contribution < 1.29 is 4.79 Å². The van der Waals surface area contributed by atoms with Crippen LogP contribution < -0.4 is 10.6 Å². The first kappa shape index (κ1) is 19.6. The van der Waals surface area contributed by atoms with Gasteiger partial charge in [0.1, 0.15) is 11.6 Å². The van der Waals surface area contributed by atoms with Gasteiger partial charge < -0.3 is 20.1 Å². The van der Waals surface area contributed by atoms with E-state index in [0.29, 0.717) is 6.42 Å². The zero-order valence-corrected chi connectivity index (χ0v) is 16.7. The van der Waals surface area contributed by atoms with Crippen molar-refractivity contribution in [1.82, 2.24) is 30.3 Å². The van der Waals surface area contributed by atoms with Crippen molar-refractivity contribution in [3.05, 3.63) is 11.6 Å². The third-order valence-corrected chi connectivity index (χ3v) is 5.33. The minimum Gasteiger partial charge on any atom is -0.357 e. The van der Waals surface area contributed by atoms with E-state index in [-0.39, 0.29) is 11.9 Å². The Bertz CT molecular complexity index is 654. The molecule has 1 aromatic rings. The number of hydrogen-bond acceptors (Lipinski definition) is 4. The predicted octanol–water partition coefficient (Wildman–Crippen LogP) is 1.11. The molecular weight excluding hydrogens is 342 g/mol. The summed E-state index contributed by atoms with van der Waals surface area (Å²) in [5, 5.41) is 15.5. The summed E-state index contributed by atoms with van der Waals surface area (Å²) in [6, 6.07) is 0.262. The Balaban J connectivity index is 1.49. The quantitative estimate of drug-likeness (QED) is 0.442. The van der Waals surface area contributed by atoms with Crippen molar-refractivity contribution in [3.63, 3.8) is 0 Å². The normalized spacial score (nSPS) is 21.0. The number of likely N-dealkylation sites (N-methyl/N-ethyl adjacent to an activating group) is 1. The highest BCUT2D eigenvalue weighted by Crippen LogP contribution is 2.15. The van der Waals surface area contributed by atoms with E-state index in [2.05, 4.69) is 32.3 Å². The fourth-order valence-electron chi connectivity index (χ4n) is 3.80. The lowest BCUT2D eigenvalue weighted by atomic mass is 10.1. The third kappa shape index (κ3) is 5.43. The number of nitrogens with zero attached hydrogens (tertiary/aromatic N) is 5. The predicted molar refractivity (Wildman–Crippen MR) is 106 cm³/mol. The van der Waals surface area contributed by atoms with Crippen molar-refractivity contribution >= 4 is 11.9 Å².